The minimum absolute atomic E-state index is 0.405. The molecule has 4 heteroatoms. The van der Waals surface area contributed by atoms with Crippen molar-refractivity contribution >= 4 is 21.9 Å². The maximum atomic E-state index is 11.9. The molecule has 0 fully saturated rings. The molecule has 0 atom stereocenters. The molecule has 0 aliphatic rings. The normalized spacial score (nSPS) is 10.2. The topological polar surface area (TPSA) is 39.2 Å². The average molecular weight is 306 g/mol. The summed E-state index contributed by atoms with van der Waals surface area (Å²) in [6, 6.07) is 7.31. The number of hydrogen-bond donors (Lipinski definition) is 0. The second-order valence-electron chi connectivity index (χ2n) is 3.98. The summed E-state index contributed by atoms with van der Waals surface area (Å²) in [6.45, 7) is 3.91. The van der Waals surface area contributed by atoms with E-state index < -0.39 is 5.97 Å². The van der Waals surface area contributed by atoms with Crippen LogP contribution in [0, 0.1) is 13.8 Å². The van der Waals surface area contributed by atoms with Gasteiger partial charge in [-0.15, -0.1) is 0 Å². The zero-order valence-electron chi connectivity index (χ0n) is 10.1. The van der Waals surface area contributed by atoms with Crippen molar-refractivity contribution in [1.29, 1.82) is 0 Å². The fourth-order valence-electron chi connectivity index (χ4n) is 1.52. The molecule has 0 aliphatic heterocycles. The van der Waals surface area contributed by atoms with Crippen LogP contribution in [-0.2, 0) is 0 Å². The molecule has 18 heavy (non-hydrogen) atoms. The van der Waals surface area contributed by atoms with E-state index in [0.717, 1.165) is 15.6 Å². The molecule has 3 nitrogen and oxygen atoms in total. The summed E-state index contributed by atoms with van der Waals surface area (Å²) in [5.41, 5.74) is 2.48. The minimum Gasteiger partial charge on any atom is -0.423 e. The lowest BCUT2D eigenvalue weighted by atomic mass is 10.1. The lowest BCUT2D eigenvalue weighted by Gasteiger charge is -2.09. The standard InChI is InChI=1S/C14H12BrNO2/c1-9-4-3-5-13(10(9)2)18-14(17)11-6-12(15)8-16-7-11/h3-8H,1-2H3. The van der Waals surface area contributed by atoms with Crippen LogP contribution in [-0.4, -0.2) is 11.0 Å². The van der Waals surface area contributed by atoms with Gasteiger partial charge in [0.1, 0.15) is 5.75 Å². The van der Waals surface area contributed by atoms with E-state index in [1.807, 2.05) is 26.0 Å². The van der Waals surface area contributed by atoms with Gasteiger partial charge < -0.3 is 4.74 Å². The summed E-state index contributed by atoms with van der Waals surface area (Å²) in [7, 11) is 0. The zero-order chi connectivity index (χ0) is 13.1. The number of ether oxygens (including phenoxy) is 1. The molecule has 0 radical (unpaired) electrons. The Bertz CT molecular complexity index is 596. The zero-order valence-corrected chi connectivity index (χ0v) is 11.7. The number of hydrogen-bond acceptors (Lipinski definition) is 3. The van der Waals surface area contributed by atoms with E-state index in [2.05, 4.69) is 20.9 Å². The van der Waals surface area contributed by atoms with Crippen LogP contribution in [0.25, 0.3) is 0 Å². The molecule has 0 unspecified atom stereocenters. The molecule has 2 rings (SSSR count). The molecular weight excluding hydrogens is 294 g/mol. The first kappa shape index (κ1) is 12.8. The molecule has 0 amide bonds. The van der Waals surface area contributed by atoms with Gasteiger partial charge in [-0.1, -0.05) is 12.1 Å². The number of pyridine rings is 1. The molecule has 0 N–H and O–H groups in total. The lowest BCUT2D eigenvalue weighted by molar-refractivity contribution is 0.0733. The summed E-state index contributed by atoms with van der Waals surface area (Å²) in [6.07, 6.45) is 3.10. The number of benzene rings is 1. The number of rotatable bonds is 2. The first-order valence-corrected chi connectivity index (χ1v) is 6.26. The van der Waals surface area contributed by atoms with Crippen molar-refractivity contribution in [2.45, 2.75) is 13.8 Å². The minimum atomic E-state index is -0.405. The summed E-state index contributed by atoms with van der Waals surface area (Å²) >= 11 is 3.27. The lowest BCUT2D eigenvalue weighted by Crippen LogP contribution is -2.10. The van der Waals surface area contributed by atoms with E-state index in [9.17, 15) is 4.79 Å². The number of halogens is 1. The Labute approximate surface area is 114 Å². The van der Waals surface area contributed by atoms with Crippen LogP contribution in [0.3, 0.4) is 0 Å². The molecule has 0 bridgehead atoms. The van der Waals surface area contributed by atoms with Crippen molar-refractivity contribution in [3.05, 3.63) is 57.8 Å². The molecule has 1 heterocycles. The molecular formula is C14H12BrNO2. The van der Waals surface area contributed by atoms with Crippen molar-refractivity contribution in [1.82, 2.24) is 4.98 Å². The third kappa shape index (κ3) is 2.76. The van der Waals surface area contributed by atoms with Crippen molar-refractivity contribution in [3.63, 3.8) is 0 Å². The van der Waals surface area contributed by atoms with E-state index in [-0.39, 0.29) is 0 Å². The predicted molar refractivity (Wildman–Crippen MR) is 72.8 cm³/mol. The van der Waals surface area contributed by atoms with Gasteiger partial charge in [-0.05, 0) is 53.0 Å². The van der Waals surface area contributed by atoms with Gasteiger partial charge in [-0.25, -0.2) is 4.79 Å². The van der Waals surface area contributed by atoms with Gasteiger partial charge in [-0.2, -0.15) is 0 Å². The highest BCUT2D eigenvalue weighted by Gasteiger charge is 2.11. The van der Waals surface area contributed by atoms with E-state index in [0.29, 0.717) is 11.3 Å². The Hall–Kier alpha value is -1.68. The number of aromatic nitrogens is 1. The van der Waals surface area contributed by atoms with Crippen LogP contribution < -0.4 is 4.74 Å². The summed E-state index contributed by atoms with van der Waals surface area (Å²) in [5.74, 6) is 0.178. The highest BCUT2D eigenvalue weighted by atomic mass is 79.9. The summed E-state index contributed by atoms with van der Waals surface area (Å²) < 4.78 is 6.12. The van der Waals surface area contributed by atoms with E-state index in [1.54, 1.807) is 18.3 Å². The average Bonchev–Trinajstić information content (AvgIpc) is 2.35. The predicted octanol–water partition coefficient (Wildman–Crippen LogP) is 3.68. The Morgan fingerprint density at radius 3 is 2.78 bits per heavy atom. The van der Waals surface area contributed by atoms with Gasteiger partial charge in [0, 0.05) is 16.9 Å². The Morgan fingerprint density at radius 2 is 2.06 bits per heavy atom. The maximum Gasteiger partial charge on any atom is 0.345 e. The molecule has 92 valence electrons. The third-order valence-electron chi connectivity index (χ3n) is 2.70. The van der Waals surface area contributed by atoms with Gasteiger partial charge in [0.25, 0.3) is 0 Å². The largest absolute Gasteiger partial charge is 0.423 e. The number of esters is 1. The van der Waals surface area contributed by atoms with Gasteiger partial charge in [-0.3, -0.25) is 4.98 Å². The van der Waals surface area contributed by atoms with Gasteiger partial charge in [0.2, 0.25) is 0 Å². The smallest absolute Gasteiger partial charge is 0.345 e. The SMILES string of the molecule is Cc1cccc(OC(=O)c2cncc(Br)c2)c1C. The van der Waals surface area contributed by atoms with E-state index >= 15 is 0 Å². The number of carbonyl (C=O) groups excluding carboxylic acids is 1. The molecule has 0 spiro atoms. The van der Waals surface area contributed by atoms with Crippen LogP contribution in [0.15, 0.2) is 41.1 Å². The van der Waals surface area contributed by atoms with Crippen molar-refractivity contribution < 1.29 is 9.53 Å². The highest BCUT2D eigenvalue weighted by Crippen LogP contribution is 2.22. The number of nitrogens with zero attached hydrogens (tertiary/aromatic N) is 1. The number of carbonyl (C=O) groups is 1. The van der Waals surface area contributed by atoms with Crippen LogP contribution in [0.4, 0.5) is 0 Å². The van der Waals surface area contributed by atoms with E-state index in [4.69, 9.17) is 4.74 Å². The quantitative estimate of drug-likeness (QED) is 0.627. The monoisotopic (exact) mass is 305 g/mol. The van der Waals surface area contributed by atoms with Crippen LogP contribution >= 0.6 is 15.9 Å². The second-order valence-corrected chi connectivity index (χ2v) is 4.90. The first-order chi connectivity index (χ1) is 8.58. The fraction of sp³-hybridized carbons (Fsp3) is 0.143. The Balaban J connectivity index is 2.24. The summed E-state index contributed by atoms with van der Waals surface area (Å²) in [4.78, 5) is 15.9. The Kier molecular flexibility index (Phi) is 3.77. The fourth-order valence-corrected chi connectivity index (χ4v) is 1.88. The third-order valence-corrected chi connectivity index (χ3v) is 3.13. The van der Waals surface area contributed by atoms with Crippen LogP contribution in [0.1, 0.15) is 21.5 Å². The molecule has 1 aromatic carbocycles. The molecule has 0 saturated heterocycles. The molecule has 2 aromatic rings. The van der Waals surface area contributed by atoms with Crippen molar-refractivity contribution in [3.8, 4) is 5.75 Å². The maximum absolute atomic E-state index is 11.9. The summed E-state index contributed by atoms with van der Waals surface area (Å²) in [5, 5.41) is 0. The first-order valence-electron chi connectivity index (χ1n) is 5.47. The van der Waals surface area contributed by atoms with E-state index in [1.165, 1.54) is 6.20 Å². The van der Waals surface area contributed by atoms with Gasteiger partial charge in [0.05, 0.1) is 5.56 Å². The molecule has 0 saturated carbocycles. The van der Waals surface area contributed by atoms with Crippen molar-refractivity contribution in [2.75, 3.05) is 0 Å². The molecule has 1 aromatic heterocycles. The number of aryl methyl sites for hydroxylation is 1. The van der Waals surface area contributed by atoms with Crippen LogP contribution in [0.5, 0.6) is 5.75 Å². The van der Waals surface area contributed by atoms with Gasteiger partial charge in [0.15, 0.2) is 0 Å². The Morgan fingerprint density at radius 1 is 1.28 bits per heavy atom. The second kappa shape index (κ2) is 5.31. The van der Waals surface area contributed by atoms with Crippen molar-refractivity contribution in [2.24, 2.45) is 0 Å². The molecule has 0 aliphatic carbocycles. The van der Waals surface area contributed by atoms with Crippen LogP contribution in [0.2, 0.25) is 0 Å². The van der Waals surface area contributed by atoms with Gasteiger partial charge >= 0.3 is 5.97 Å². The highest BCUT2D eigenvalue weighted by molar-refractivity contribution is 9.10.